The third-order valence-electron chi connectivity index (χ3n) is 4.02. The summed E-state index contributed by atoms with van der Waals surface area (Å²) in [5.74, 6) is -0.0979. The number of nitrogens with zero attached hydrogens (tertiary/aromatic N) is 3. The summed E-state index contributed by atoms with van der Waals surface area (Å²) < 4.78 is 7.10. The van der Waals surface area contributed by atoms with E-state index in [2.05, 4.69) is 15.2 Å². The fourth-order valence-corrected chi connectivity index (χ4v) is 2.98. The molecule has 0 aliphatic carbocycles. The average Bonchev–Trinajstić information content (AvgIpc) is 2.87. The lowest BCUT2D eigenvalue weighted by Gasteiger charge is -2.26. The average molecular weight is 337 g/mol. The van der Waals surface area contributed by atoms with Crippen molar-refractivity contribution in [3.63, 3.8) is 0 Å². The highest BCUT2D eigenvalue weighted by atomic mass is 35.5. The van der Waals surface area contributed by atoms with Gasteiger partial charge in [0.2, 0.25) is 0 Å². The van der Waals surface area contributed by atoms with Crippen LogP contribution in [0.1, 0.15) is 22.6 Å². The number of hydrogen-bond acceptors (Lipinski definition) is 4. The Bertz CT molecular complexity index is 695. The quantitative estimate of drug-likeness (QED) is 0.845. The van der Waals surface area contributed by atoms with Crippen molar-refractivity contribution < 1.29 is 9.53 Å². The van der Waals surface area contributed by atoms with Crippen LogP contribution < -0.4 is 5.32 Å². The first-order valence-electron chi connectivity index (χ1n) is 7.87. The van der Waals surface area contributed by atoms with E-state index in [9.17, 15) is 4.79 Å². The maximum absolute atomic E-state index is 12.4. The SMILES string of the molecule is Cc1nc2cc(Cl)ccn2c1C(=O)NCCCN1CCOCC1. The number of morpholine rings is 1. The van der Waals surface area contributed by atoms with Crippen molar-refractivity contribution in [2.45, 2.75) is 13.3 Å². The summed E-state index contributed by atoms with van der Waals surface area (Å²) in [4.78, 5) is 19.2. The van der Waals surface area contributed by atoms with Crippen molar-refractivity contribution in [2.75, 3.05) is 39.4 Å². The van der Waals surface area contributed by atoms with E-state index in [1.54, 1.807) is 22.7 Å². The number of halogens is 1. The number of aryl methyl sites for hydroxylation is 1. The number of amides is 1. The lowest BCUT2D eigenvalue weighted by Crippen LogP contribution is -2.38. The number of rotatable bonds is 5. The summed E-state index contributed by atoms with van der Waals surface area (Å²) in [6.45, 7) is 7.01. The highest BCUT2D eigenvalue weighted by molar-refractivity contribution is 6.30. The summed E-state index contributed by atoms with van der Waals surface area (Å²) >= 11 is 5.97. The van der Waals surface area contributed by atoms with Gasteiger partial charge in [-0.1, -0.05) is 11.6 Å². The first-order chi connectivity index (χ1) is 11.1. The van der Waals surface area contributed by atoms with Crippen LogP contribution in [-0.4, -0.2) is 59.6 Å². The molecule has 1 aliphatic rings. The Kier molecular flexibility index (Phi) is 5.15. The van der Waals surface area contributed by atoms with Crippen molar-refractivity contribution in [2.24, 2.45) is 0 Å². The van der Waals surface area contributed by atoms with E-state index in [0.29, 0.717) is 28.6 Å². The molecule has 0 unspecified atom stereocenters. The van der Waals surface area contributed by atoms with Crippen molar-refractivity contribution in [1.29, 1.82) is 0 Å². The molecule has 3 rings (SSSR count). The first kappa shape index (κ1) is 16.2. The number of nitrogens with one attached hydrogen (secondary N) is 1. The Morgan fingerprint density at radius 2 is 2.22 bits per heavy atom. The molecule has 0 radical (unpaired) electrons. The van der Waals surface area contributed by atoms with Crippen LogP contribution in [0.3, 0.4) is 0 Å². The van der Waals surface area contributed by atoms with Crippen LogP contribution >= 0.6 is 11.6 Å². The van der Waals surface area contributed by atoms with Crippen LogP contribution in [0, 0.1) is 6.92 Å². The van der Waals surface area contributed by atoms with Gasteiger partial charge in [-0.2, -0.15) is 0 Å². The molecule has 23 heavy (non-hydrogen) atoms. The molecule has 1 saturated heterocycles. The van der Waals surface area contributed by atoms with Gasteiger partial charge in [-0.3, -0.25) is 14.1 Å². The molecular formula is C16H21ClN4O2. The van der Waals surface area contributed by atoms with E-state index in [4.69, 9.17) is 16.3 Å². The van der Waals surface area contributed by atoms with Crippen molar-refractivity contribution in [3.05, 3.63) is 34.7 Å². The maximum Gasteiger partial charge on any atom is 0.270 e. The molecule has 3 heterocycles. The number of ether oxygens (including phenoxy) is 1. The van der Waals surface area contributed by atoms with Gasteiger partial charge >= 0.3 is 0 Å². The molecule has 1 fully saturated rings. The molecule has 2 aromatic heterocycles. The zero-order valence-corrected chi connectivity index (χ0v) is 14.0. The number of carbonyl (C=O) groups excluding carboxylic acids is 1. The van der Waals surface area contributed by atoms with E-state index in [0.717, 1.165) is 39.3 Å². The number of carbonyl (C=O) groups is 1. The fraction of sp³-hybridized carbons (Fsp3) is 0.500. The number of pyridine rings is 1. The lowest BCUT2D eigenvalue weighted by atomic mass is 10.3. The highest BCUT2D eigenvalue weighted by Gasteiger charge is 2.16. The molecular weight excluding hydrogens is 316 g/mol. The van der Waals surface area contributed by atoms with Crippen LogP contribution in [-0.2, 0) is 4.74 Å². The predicted octanol–water partition coefficient (Wildman–Crippen LogP) is 1.75. The minimum Gasteiger partial charge on any atom is -0.379 e. The Hall–Kier alpha value is -1.63. The zero-order valence-electron chi connectivity index (χ0n) is 13.2. The smallest absolute Gasteiger partial charge is 0.270 e. The van der Waals surface area contributed by atoms with Gasteiger partial charge in [0.15, 0.2) is 0 Å². The second kappa shape index (κ2) is 7.29. The number of hydrogen-bond donors (Lipinski definition) is 1. The van der Waals surface area contributed by atoms with Crippen molar-refractivity contribution >= 4 is 23.2 Å². The van der Waals surface area contributed by atoms with Gasteiger partial charge in [0.25, 0.3) is 5.91 Å². The van der Waals surface area contributed by atoms with Gasteiger partial charge < -0.3 is 10.1 Å². The van der Waals surface area contributed by atoms with Crippen LogP contribution in [0.15, 0.2) is 18.3 Å². The van der Waals surface area contributed by atoms with Gasteiger partial charge in [0.05, 0.1) is 18.9 Å². The van der Waals surface area contributed by atoms with Gasteiger partial charge in [0, 0.05) is 36.9 Å². The molecule has 0 atom stereocenters. The van der Waals surface area contributed by atoms with Crippen LogP contribution in [0.4, 0.5) is 0 Å². The molecule has 1 aliphatic heterocycles. The largest absolute Gasteiger partial charge is 0.379 e. The minimum absolute atomic E-state index is 0.0979. The summed E-state index contributed by atoms with van der Waals surface area (Å²) in [6, 6.07) is 3.51. The van der Waals surface area contributed by atoms with Gasteiger partial charge in [0.1, 0.15) is 11.3 Å². The van der Waals surface area contributed by atoms with Crippen molar-refractivity contribution in [3.8, 4) is 0 Å². The molecule has 0 bridgehead atoms. The third kappa shape index (κ3) is 3.83. The summed E-state index contributed by atoms with van der Waals surface area (Å²) in [6.07, 6.45) is 2.70. The molecule has 0 spiro atoms. The first-order valence-corrected chi connectivity index (χ1v) is 8.25. The molecule has 0 saturated carbocycles. The van der Waals surface area contributed by atoms with Crippen LogP contribution in [0.25, 0.3) is 5.65 Å². The summed E-state index contributed by atoms with van der Waals surface area (Å²) in [5.41, 5.74) is 1.97. The van der Waals surface area contributed by atoms with E-state index in [-0.39, 0.29) is 5.91 Å². The Morgan fingerprint density at radius 3 is 3.00 bits per heavy atom. The van der Waals surface area contributed by atoms with E-state index in [1.165, 1.54) is 0 Å². The Balaban J connectivity index is 1.57. The second-order valence-corrected chi connectivity index (χ2v) is 6.12. The Labute approximate surface area is 140 Å². The molecule has 7 heteroatoms. The molecule has 1 N–H and O–H groups in total. The molecule has 2 aromatic rings. The molecule has 1 amide bonds. The zero-order chi connectivity index (χ0) is 16.2. The summed E-state index contributed by atoms with van der Waals surface area (Å²) in [7, 11) is 0. The van der Waals surface area contributed by atoms with Gasteiger partial charge in [-0.15, -0.1) is 0 Å². The summed E-state index contributed by atoms with van der Waals surface area (Å²) in [5, 5.41) is 3.59. The lowest BCUT2D eigenvalue weighted by molar-refractivity contribution is 0.0374. The standard InChI is InChI=1S/C16H21ClN4O2/c1-12-15(21-6-3-13(17)11-14(21)19-12)16(22)18-4-2-5-20-7-9-23-10-8-20/h3,6,11H,2,4-5,7-10H2,1H3,(H,18,22). The normalized spacial score (nSPS) is 15.9. The van der Waals surface area contributed by atoms with Crippen molar-refractivity contribution in [1.82, 2.24) is 19.6 Å². The second-order valence-electron chi connectivity index (χ2n) is 5.68. The Morgan fingerprint density at radius 1 is 1.43 bits per heavy atom. The topological polar surface area (TPSA) is 58.9 Å². The number of aromatic nitrogens is 2. The maximum atomic E-state index is 12.4. The van der Waals surface area contributed by atoms with Gasteiger partial charge in [-0.05, 0) is 26.0 Å². The molecule has 124 valence electrons. The minimum atomic E-state index is -0.0979. The molecule has 0 aromatic carbocycles. The van der Waals surface area contributed by atoms with Gasteiger partial charge in [-0.25, -0.2) is 4.98 Å². The number of imidazole rings is 1. The molecule has 6 nitrogen and oxygen atoms in total. The fourth-order valence-electron chi connectivity index (χ4n) is 2.82. The van der Waals surface area contributed by atoms with E-state index >= 15 is 0 Å². The van der Waals surface area contributed by atoms with E-state index in [1.807, 2.05) is 6.92 Å². The van der Waals surface area contributed by atoms with Crippen LogP contribution in [0.2, 0.25) is 5.02 Å². The van der Waals surface area contributed by atoms with E-state index < -0.39 is 0 Å². The number of fused-ring (bicyclic) bond motifs is 1. The monoisotopic (exact) mass is 336 g/mol. The highest BCUT2D eigenvalue weighted by Crippen LogP contribution is 2.16. The third-order valence-corrected chi connectivity index (χ3v) is 4.25. The predicted molar refractivity (Wildman–Crippen MR) is 89.1 cm³/mol. The van der Waals surface area contributed by atoms with Crippen LogP contribution in [0.5, 0.6) is 0 Å².